The number of benzene rings is 2. The summed E-state index contributed by atoms with van der Waals surface area (Å²) in [6.07, 6.45) is 1.68. The first-order valence-electron chi connectivity index (χ1n) is 9.13. The summed E-state index contributed by atoms with van der Waals surface area (Å²) in [5.41, 5.74) is 2.82. The lowest BCUT2D eigenvalue weighted by molar-refractivity contribution is 0.601. The minimum Gasteiger partial charge on any atom is -0.324 e. The van der Waals surface area contributed by atoms with Gasteiger partial charge in [0, 0.05) is 11.9 Å². The quantitative estimate of drug-likeness (QED) is 0.451. The average molecular weight is 438 g/mol. The summed E-state index contributed by atoms with van der Waals surface area (Å²) in [5, 5.41) is 4.11. The van der Waals surface area contributed by atoms with Crippen molar-refractivity contribution in [1.29, 1.82) is 0 Å². The highest BCUT2D eigenvalue weighted by Crippen LogP contribution is 2.29. The molecule has 0 aliphatic heterocycles. The first-order chi connectivity index (χ1) is 14.4. The zero-order chi connectivity index (χ0) is 21.1. The first-order valence-corrected chi connectivity index (χ1v) is 11.4. The molecular weight excluding hydrogens is 418 g/mol. The molecule has 0 aliphatic rings. The minimum atomic E-state index is -3.66. The Bertz CT molecular complexity index is 1290. The van der Waals surface area contributed by atoms with Gasteiger partial charge in [-0.2, -0.15) is 0 Å². The second-order valence-corrected chi connectivity index (χ2v) is 9.42. The van der Waals surface area contributed by atoms with Gasteiger partial charge in [-0.15, -0.1) is 11.3 Å². The minimum absolute atomic E-state index is 0.203. The normalized spacial score (nSPS) is 11.3. The van der Waals surface area contributed by atoms with E-state index in [1.54, 1.807) is 66.1 Å². The van der Waals surface area contributed by atoms with Crippen molar-refractivity contribution in [2.45, 2.75) is 18.7 Å². The number of hydrogen-bond acceptors (Lipinski definition) is 7. The van der Waals surface area contributed by atoms with Gasteiger partial charge >= 0.3 is 0 Å². The Morgan fingerprint density at radius 3 is 2.40 bits per heavy atom. The van der Waals surface area contributed by atoms with E-state index in [4.69, 9.17) is 0 Å². The van der Waals surface area contributed by atoms with E-state index in [0.29, 0.717) is 17.3 Å². The van der Waals surface area contributed by atoms with E-state index in [1.807, 2.05) is 26.0 Å². The third-order valence-electron chi connectivity index (χ3n) is 4.22. The van der Waals surface area contributed by atoms with Crippen molar-refractivity contribution in [3.8, 4) is 10.6 Å². The predicted octanol–water partition coefficient (Wildman–Crippen LogP) is 4.76. The summed E-state index contributed by atoms with van der Waals surface area (Å²) in [4.78, 5) is 14.5. The predicted molar refractivity (Wildman–Crippen MR) is 120 cm³/mol. The molecule has 152 valence electrons. The molecule has 0 amide bonds. The lowest BCUT2D eigenvalue weighted by Gasteiger charge is -2.10. The second-order valence-electron chi connectivity index (χ2n) is 6.54. The van der Waals surface area contributed by atoms with E-state index in [1.165, 1.54) is 0 Å². The molecule has 2 aromatic heterocycles. The summed E-state index contributed by atoms with van der Waals surface area (Å²) < 4.78 is 27.7. The molecule has 0 aliphatic carbocycles. The average Bonchev–Trinajstić information content (AvgIpc) is 3.07. The van der Waals surface area contributed by atoms with Gasteiger partial charge in [0.15, 0.2) is 0 Å². The molecule has 30 heavy (non-hydrogen) atoms. The number of nitrogens with one attached hydrogen (secondary N) is 2. The first kappa shape index (κ1) is 20.0. The summed E-state index contributed by atoms with van der Waals surface area (Å²) in [6, 6.07) is 17.0. The molecule has 2 aromatic carbocycles. The van der Waals surface area contributed by atoms with Crippen molar-refractivity contribution in [2.75, 3.05) is 10.0 Å². The van der Waals surface area contributed by atoms with Gasteiger partial charge in [0.1, 0.15) is 0 Å². The zero-order valence-corrected chi connectivity index (χ0v) is 18.0. The number of rotatable bonds is 6. The number of thiazole rings is 1. The van der Waals surface area contributed by atoms with Crippen LogP contribution in [0.25, 0.3) is 10.6 Å². The molecule has 0 bridgehead atoms. The molecule has 9 heteroatoms. The summed E-state index contributed by atoms with van der Waals surface area (Å²) in [7, 11) is -3.66. The monoisotopic (exact) mass is 437 g/mol. The molecule has 7 nitrogen and oxygen atoms in total. The smallest absolute Gasteiger partial charge is 0.261 e. The number of aromatic nitrogens is 3. The van der Waals surface area contributed by atoms with Crippen LogP contribution in [0.3, 0.4) is 0 Å². The van der Waals surface area contributed by atoms with E-state index >= 15 is 0 Å². The topological polar surface area (TPSA) is 96.9 Å². The third kappa shape index (κ3) is 4.47. The molecule has 2 N–H and O–H groups in total. The van der Waals surface area contributed by atoms with Gasteiger partial charge in [0.05, 0.1) is 31.9 Å². The SMILES string of the molecule is Cc1nc(C)c(-c2ccnc(Nc3cccc(NS(=O)(=O)c4ccccc4)c3)n2)s1. The molecule has 0 unspecified atom stereocenters. The Morgan fingerprint density at radius 2 is 1.67 bits per heavy atom. The maximum atomic E-state index is 12.5. The molecule has 2 heterocycles. The van der Waals surface area contributed by atoms with E-state index in [0.717, 1.165) is 21.3 Å². The van der Waals surface area contributed by atoms with Crippen LogP contribution < -0.4 is 10.0 Å². The van der Waals surface area contributed by atoms with Crippen LogP contribution >= 0.6 is 11.3 Å². The van der Waals surface area contributed by atoms with Crippen molar-refractivity contribution >= 4 is 38.7 Å². The van der Waals surface area contributed by atoms with Crippen LogP contribution in [0.5, 0.6) is 0 Å². The Hall–Kier alpha value is -3.30. The van der Waals surface area contributed by atoms with Crippen molar-refractivity contribution in [1.82, 2.24) is 15.0 Å². The van der Waals surface area contributed by atoms with Crippen molar-refractivity contribution < 1.29 is 8.42 Å². The fourth-order valence-corrected chi connectivity index (χ4v) is 4.88. The van der Waals surface area contributed by atoms with Crippen molar-refractivity contribution in [3.63, 3.8) is 0 Å². The van der Waals surface area contributed by atoms with Gasteiger partial charge in [-0.3, -0.25) is 4.72 Å². The van der Waals surface area contributed by atoms with E-state index < -0.39 is 10.0 Å². The number of sulfonamides is 1. The molecular formula is C21H19N5O2S2. The van der Waals surface area contributed by atoms with Gasteiger partial charge in [-0.05, 0) is 50.2 Å². The van der Waals surface area contributed by atoms with E-state index in [9.17, 15) is 8.42 Å². The molecule has 0 spiro atoms. The Morgan fingerprint density at radius 1 is 0.900 bits per heavy atom. The van der Waals surface area contributed by atoms with Crippen LogP contribution in [-0.4, -0.2) is 23.4 Å². The second kappa shape index (κ2) is 8.21. The van der Waals surface area contributed by atoms with Gasteiger partial charge in [-0.25, -0.2) is 23.4 Å². The van der Waals surface area contributed by atoms with E-state index in [2.05, 4.69) is 25.0 Å². The van der Waals surface area contributed by atoms with Crippen LogP contribution in [0.2, 0.25) is 0 Å². The van der Waals surface area contributed by atoms with Gasteiger partial charge < -0.3 is 5.32 Å². The highest BCUT2D eigenvalue weighted by Gasteiger charge is 2.14. The van der Waals surface area contributed by atoms with Crippen LogP contribution in [0.1, 0.15) is 10.7 Å². The highest BCUT2D eigenvalue weighted by molar-refractivity contribution is 7.92. The molecule has 0 saturated heterocycles. The fraction of sp³-hybridized carbons (Fsp3) is 0.0952. The molecule has 0 fully saturated rings. The Labute approximate surface area is 178 Å². The number of anilines is 3. The lowest BCUT2D eigenvalue weighted by atomic mass is 10.3. The van der Waals surface area contributed by atoms with E-state index in [-0.39, 0.29) is 4.90 Å². The maximum absolute atomic E-state index is 12.5. The molecule has 0 atom stereocenters. The van der Waals surface area contributed by atoms with Gasteiger partial charge in [0.2, 0.25) is 5.95 Å². The summed E-state index contributed by atoms with van der Waals surface area (Å²) in [6.45, 7) is 3.92. The largest absolute Gasteiger partial charge is 0.324 e. The lowest BCUT2D eigenvalue weighted by Crippen LogP contribution is -2.12. The molecule has 4 rings (SSSR count). The van der Waals surface area contributed by atoms with Crippen molar-refractivity contribution in [2.24, 2.45) is 0 Å². The van der Waals surface area contributed by atoms with Gasteiger partial charge in [-0.1, -0.05) is 24.3 Å². The number of hydrogen-bond donors (Lipinski definition) is 2. The fourth-order valence-electron chi connectivity index (χ4n) is 2.92. The Kier molecular flexibility index (Phi) is 5.47. The highest BCUT2D eigenvalue weighted by atomic mass is 32.2. The van der Waals surface area contributed by atoms with Crippen LogP contribution in [0.15, 0.2) is 71.8 Å². The number of aryl methyl sites for hydroxylation is 2. The zero-order valence-electron chi connectivity index (χ0n) is 16.3. The van der Waals surface area contributed by atoms with Gasteiger partial charge in [0.25, 0.3) is 10.0 Å². The summed E-state index contributed by atoms with van der Waals surface area (Å²) >= 11 is 1.58. The molecule has 0 saturated carbocycles. The van der Waals surface area contributed by atoms with Crippen LogP contribution in [-0.2, 0) is 10.0 Å². The summed E-state index contributed by atoms with van der Waals surface area (Å²) in [5.74, 6) is 0.418. The van der Waals surface area contributed by atoms with Crippen LogP contribution in [0.4, 0.5) is 17.3 Å². The maximum Gasteiger partial charge on any atom is 0.261 e. The van der Waals surface area contributed by atoms with Crippen molar-refractivity contribution in [3.05, 3.63) is 77.6 Å². The molecule has 4 aromatic rings. The standard InChI is InChI=1S/C21H19N5O2S2/c1-14-20(29-15(2)23-14)19-11-12-22-21(25-19)24-16-7-6-8-17(13-16)26-30(27,28)18-9-4-3-5-10-18/h3-13,26H,1-2H3,(H,22,24,25). The molecule has 0 radical (unpaired) electrons. The Balaban J connectivity index is 1.55. The third-order valence-corrected chi connectivity index (χ3v) is 6.71. The number of nitrogens with zero attached hydrogens (tertiary/aromatic N) is 3. The van der Waals surface area contributed by atoms with Crippen LogP contribution in [0, 0.1) is 13.8 Å².